The van der Waals surface area contributed by atoms with Gasteiger partial charge in [0.25, 0.3) is 0 Å². The van der Waals surface area contributed by atoms with E-state index in [1.165, 1.54) is 0 Å². The molecule has 0 unspecified atom stereocenters. The van der Waals surface area contributed by atoms with Crippen LogP contribution in [0.15, 0.2) is 71.5 Å². The Kier molecular flexibility index (Phi) is 4.24. The third kappa shape index (κ3) is 3.22. The quantitative estimate of drug-likeness (QED) is 0.311. The molecule has 4 heteroatoms. The van der Waals surface area contributed by atoms with E-state index in [1.54, 1.807) is 12.1 Å². The second-order valence-electron chi connectivity index (χ2n) is 6.75. The topological polar surface area (TPSA) is 48.3 Å². The number of aromatic nitrogens is 1. The van der Waals surface area contributed by atoms with Crippen molar-refractivity contribution in [1.82, 2.24) is 4.57 Å². The van der Waals surface area contributed by atoms with Crippen molar-refractivity contribution in [1.29, 1.82) is 0 Å². The third-order valence-corrected chi connectivity index (χ3v) is 4.59. The summed E-state index contributed by atoms with van der Waals surface area (Å²) < 4.78 is 7.41. The number of fused-ring (bicyclic) bond motifs is 2. The van der Waals surface area contributed by atoms with E-state index >= 15 is 0 Å². The lowest BCUT2D eigenvalue weighted by molar-refractivity contribution is -0.134. The SMILES string of the molecule is Cc1cc(C)cc(OC(=O)Cn2c3ccccc3c(=O)c3ccccc32)c1. The summed E-state index contributed by atoms with van der Waals surface area (Å²) in [6.45, 7) is 3.95. The molecule has 0 amide bonds. The number of aryl methyl sites for hydroxylation is 2. The lowest BCUT2D eigenvalue weighted by Crippen LogP contribution is -2.20. The van der Waals surface area contributed by atoms with E-state index < -0.39 is 0 Å². The number of benzene rings is 3. The molecule has 0 radical (unpaired) electrons. The molecule has 134 valence electrons. The van der Waals surface area contributed by atoms with E-state index in [1.807, 2.05) is 73.0 Å². The van der Waals surface area contributed by atoms with Crippen molar-refractivity contribution in [2.75, 3.05) is 0 Å². The molecule has 0 saturated carbocycles. The van der Waals surface area contributed by atoms with E-state index in [9.17, 15) is 9.59 Å². The van der Waals surface area contributed by atoms with E-state index in [2.05, 4.69) is 0 Å². The highest BCUT2D eigenvalue weighted by molar-refractivity contribution is 5.94. The smallest absolute Gasteiger partial charge is 0.331 e. The van der Waals surface area contributed by atoms with Gasteiger partial charge in [-0.1, -0.05) is 30.3 Å². The number of carbonyl (C=O) groups excluding carboxylic acids is 1. The molecule has 1 heterocycles. The minimum Gasteiger partial charge on any atom is -0.425 e. The van der Waals surface area contributed by atoms with Gasteiger partial charge in [0.2, 0.25) is 0 Å². The molecule has 1 aromatic heterocycles. The van der Waals surface area contributed by atoms with Gasteiger partial charge in [0.05, 0.1) is 11.0 Å². The zero-order chi connectivity index (χ0) is 19.0. The molecular weight excluding hydrogens is 338 g/mol. The minimum atomic E-state index is -0.376. The predicted octanol–water partition coefficient (Wildman–Crippen LogP) is 4.38. The number of para-hydroxylation sites is 2. The number of esters is 1. The highest BCUT2D eigenvalue weighted by Crippen LogP contribution is 2.20. The van der Waals surface area contributed by atoms with Crippen LogP contribution in [0.2, 0.25) is 0 Å². The molecule has 0 saturated heterocycles. The number of ether oxygens (including phenoxy) is 1. The molecule has 4 aromatic rings. The molecule has 0 fully saturated rings. The van der Waals surface area contributed by atoms with Gasteiger partial charge in [0.1, 0.15) is 12.3 Å². The van der Waals surface area contributed by atoms with Crippen LogP contribution >= 0.6 is 0 Å². The van der Waals surface area contributed by atoms with Crippen molar-refractivity contribution in [2.45, 2.75) is 20.4 Å². The van der Waals surface area contributed by atoms with Crippen LogP contribution in [-0.2, 0) is 11.3 Å². The van der Waals surface area contributed by atoms with Gasteiger partial charge in [0, 0.05) is 10.8 Å². The minimum absolute atomic E-state index is 0.0221. The molecule has 0 bridgehead atoms. The Labute approximate surface area is 156 Å². The summed E-state index contributed by atoms with van der Waals surface area (Å²) in [6, 6.07) is 20.4. The Morgan fingerprint density at radius 3 is 1.93 bits per heavy atom. The zero-order valence-corrected chi connectivity index (χ0v) is 15.2. The molecule has 3 aromatic carbocycles. The monoisotopic (exact) mass is 357 g/mol. The normalized spacial score (nSPS) is 11.0. The van der Waals surface area contributed by atoms with Crippen LogP contribution in [0, 0.1) is 13.8 Å². The number of nitrogens with zero attached hydrogens (tertiary/aromatic N) is 1. The van der Waals surface area contributed by atoms with E-state index in [-0.39, 0.29) is 17.9 Å². The summed E-state index contributed by atoms with van der Waals surface area (Å²) in [7, 11) is 0. The van der Waals surface area contributed by atoms with Crippen LogP contribution in [-0.4, -0.2) is 10.5 Å². The maximum Gasteiger partial charge on any atom is 0.331 e. The summed E-state index contributed by atoms with van der Waals surface area (Å²) in [5.74, 6) is 0.158. The maximum atomic E-state index is 12.8. The summed E-state index contributed by atoms with van der Waals surface area (Å²) >= 11 is 0. The second kappa shape index (κ2) is 6.72. The van der Waals surface area contributed by atoms with Gasteiger partial charge in [0.15, 0.2) is 5.43 Å². The first-order chi connectivity index (χ1) is 13.0. The molecule has 0 spiro atoms. The second-order valence-corrected chi connectivity index (χ2v) is 6.75. The van der Waals surface area contributed by atoms with Crippen LogP contribution in [0.25, 0.3) is 21.8 Å². The summed E-state index contributed by atoms with van der Waals surface area (Å²) in [6.07, 6.45) is 0. The molecule has 0 aliphatic rings. The summed E-state index contributed by atoms with van der Waals surface area (Å²) in [5, 5.41) is 1.19. The number of carbonyl (C=O) groups is 1. The van der Waals surface area contributed by atoms with Gasteiger partial charge < -0.3 is 9.30 Å². The average Bonchev–Trinajstić information content (AvgIpc) is 2.64. The Bertz CT molecular complexity index is 1160. The molecule has 0 aliphatic heterocycles. The van der Waals surface area contributed by atoms with Crippen LogP contribution in [0.1, 0.15) is 11.1 Å². The van der Waals surface area contributed by atoms with Crippen LogP contribution in [0.5, 0.6) is 5.75 Å². The Hall–Kier alpha value is -3.40. The molecule has 4 rings (SSSR count). The summed E-state index contributed by atoms with van der Waals surface area (Å²) in [4.78, 5) is 25.4. The van der Waals surface area contributed by atoms with Crippen LogP contribution in [0.4, 0.5) is 0 Å². The zero-order valence-electron chi connectivity index (χ0n) is 15.2. The highest BCUT2D eigenvalue weighted by Gasteiger charge is 2.14. The molecular formula is C23H19NO3. The van der Waals surface area contributed by atoms with Gasteiger partial charge in [-0.3, -0.25) is 4.79 Å². The predicted molar refractivity (Wildman–Crippen MR) is 107 cm³/mol. The van der Waals surface area contributed by atoms with Gasteiger partial charge in [-0.2, -0.15) is 0 Å². The molecule has 4 nitrogen and oxygen atoms in total. The van der Waals surface area contributed by atoms with Gasteiger partial charge in [-0.25, -0.2) is 4.79 Å². The summed E-state index contributed by atoms with van der Waals surface area (Å²) in [5.41, 5.74) is 3.49. The third-order valence-electron chi connectivity index (χ3n) is 4.59. The Morgan fingerprint density at radius 1 is 0.852 bits per heavy atom. The van der Waals surface area contributed by atoms with Gasteiger partial charge in [-0.05, 0) is 61.4 Å². The fourth-order valence-electron chi connectivity index (χ4n) is 3.53. The molecule has 0 atom stereocenters. The Morgan fingerprint density at radius 2 is 1.37 bits per heavy atom. The van der Waals surface area contributed by atoms with Crippen LogP contribution < -0.4 is 10.2 Å². The van der Waals surface area contributed by atoms with Gasteiger partial charge in [-0.15, -0.1) is 0 Å². The first-order valence-electron chi connectivity index (χ1n) is 8.82. The number of rotatable bonds is 3. The first-order valence-corrected chi connectivity index (χ1v) is 8.82. The molecule has 27 heavy (non-hydrogen) atoms. The van der Waals surface area contributed by atoms with Crippen molar-refractivity contribution < 1.29 is 9.53 Å². The van der Waals surface area contributed by atoms with Gasteiger partial charge >= 0.3 is 5.97 Å². The number of hydrogen-bond acceptors (Lipinski definition) is 3. The van der Waals surface area contributed by atoms with Crippen LogP contribution in [0.3, 0.4) is 0 Å². The fourth-order valence-corrected chi connectivity index (χ4v) is 3.53. The molecule has 0 aliphatic carbocycles. The fraction of sp³-hybridized carbons (Fsp3) is 0.130. The lowest BCUT2D eigenvalue weighted by Gasteiger charge is -2.15. The van der Waals surface area contributed by atoms with Crippen molar-refractivity contribution in [3.63, 3.8) is 0 Å². The maximum absolute atomic E-state index is 12.8. The highest BCUT2D eigenvalue weighted by atomic mass is 16.5. The Balaban J connectivity index is 1.79. The standard InChI is InChI=1S/C23H19NO3/c1-15-11-16(2)13-17(12-15)27-22(25)14-24-20-9-5-3-7-18(20)23(26)19-8-4-6-10-21(19)24/h3-13H,14H2,1-2H3. The van der Waals surface area contributed by atoms with Crippen molar-refractivity contribution in [3.05, 3.63) is 88.1 Å². The van der Waals surface area contributed by atoms with E-state index in [4.69, 9.17) is 4.74 Å². The largest absolute Gasteiger partial charge is 0.425 e. The first kappa shape index (κ1) is 17.0. The lowest BCUT2D eigenvalue weighted by atomic mass is 10.1. The average molecular weight is 357 g/mol. The number of hydrogen-bond donors (Lipinski definition) is 0. The van der Waals surface area contributed by atoms with E-state index in [0.717, 1.165) is 22.2 Å². The molecule has 0 N–H and O–H groups in total. The van der Waals surface area contributed by atoms with Crippen molar-refractivity contribution >= 4 is 27.8 Å². The number of pyridine rings is 1. The van der Waals surface area contributed by atoms with Crippen molar-refractivity contribution in [3.8, 4) is 5.75 Å². The van der Waals surface area contributed by atoms with Crippen molar-refractivity contribution in [2.24, 2.45) is 0 Å². The van der Waals surface area contributed by atoms with E-state index in [0.29, 0.717) is 16.5 Å².